The number of para-hydroxylation sites is 1. The number of nitrogens with zero attached hydrogens (tertiary/aromatic N) is 2. The summed E-state index contributed by atoms with van der Waals surface area (Å²) in [6.07, 6.45) is 0.0273. The number of esters is 1. The first-order valence-electron chi connectivity index (χ1n) is 5.50. The first kappa shape index (κ1) is 10.5. The van der Waals surface area contributed by atoms with Crippen LogP contribution in [-0.2, 0) is 9.53 Å². The highest BCUT2D eigenvalue weighted by Crippen LogP contribution is 2.31. The van der Waals surface area contributed by atoms with Crippen molar-refractivity contribution in [1.29, 1.82) is 0 Å². The van der Waals surface area contributed by atoms with Crippen molar-refractivity contribution in [2.24, 2.45) is 0 Å². The molecule has 2 heterocycles. The Bertz CT molecular complexity index is 527. The van der Waals surface area contributed by atoms with Crippen molar-refractivity contribution in [3.63, 3.8) is 0 Å². The molecule has 0 radical (unpaired) electrons. The number of hydrogen-bond acceptors (Lipinski definition) is 5. The van der Waals surface area contributed by atoms with Gasteiger partial charge in [0.1, 0.15) is 6.10 Å². The Balaban J connectivity index is 1.72. The Hall–Kier alpha value is -1.62. The van der Waals surface area contributed by atoms with E-state index in [1.165, 1.54) is 11.6 Å². The molecule has 4 nitrogen and oxygen atoms in total. The Morgan fingerprint density at radius 3 is 2.94 bits per heavy atom. The van der Waals surface area contributed by atoms with Gasteiger partial charge in [0, 0.05) is 6.92 Å². The average Bonchev–Trinajstić information content (AvgIpc) is 2.65. The third-order valence-corrected chi connectivity index (χ3v) is 3.83. The molecule has 1 aromatic heterocycles. The Morgan fingerprint density at radius 2 is 2.24 bits per heavy atom. The van der Waals surface area contributed by atoms with Crippen molar-refractivity contribution in [2.45, 2.75) is 13.0 Å². The molecule has 0 aliphatic carbocycles. The maximum Gasteiger partial charge on any atom is 0.303 e. The minimum Gasteiger partial charge on any atom is -0.459 e. The standard InChI is InChI=1S/C12H12N2O2S/c1-8(15)16-9-6-14(7-9)12-13-10-4-2-3-5-11(10)17-12/h2-5,9H,6-7H2,1H3. The van der Waals surface area contributed by atoms with E-state index in [1.807, 2.05) is 18.2 Å². The lowest BCUT2D eigenvalue weighted by molar-refractivity contribution is -0.147. The maximum atomic E-state index is 10.8. The zero-order chi connectivity index (χ0) is 11.8. The molecule has 0 spiro atoms. The summed E-state index contributed by atoms with van der Waals surface area (Å²) in [5, 5.41) is 1.01. The van der Waals surface area contributed by atoms with Crippen molar-refractivity contribution in [3.8, 4) is 0 Å². The lowest BCUT2D eigenvalue weighted by atomic mass is 10.2. The van der Waals surface area contributed by atoms with E-state index < -0.39 is 0 Å². The summed E-state index contributed by atoms with van der Waals surface area (Å²) in [5.41, 5.74) is 1.03. The lowest BCUT2D eigenvalue weighted by Crippen LogP contribution is -2.52. The predicted molar refractivity (Wildman–Crippen MR) is 67.4 cm³/mol. The molecule has 1 aromatic carbocycles. The minimum atomic E-state index is -0.209. The number of anilines is 1. The molecule has 1 aliphatic rings. The molecule has 0 N–H and O–H groups in total. The van der Waals surface area contributed by atoms with Gasteiger partial charge in [-0.1, -0.05) is 23.5 Å². The van der Waals surface area contributed by atoms with Crippen LogP contribution in [0.25, 0.3) is 10.2 Å². The lowest BCUT2D eigenvalue weighted by Gasteiger charge is -2.37. The molecular weight excluding hydrogens is 236 g/mol. The molecular formula is C12H12N2O2S. The van der Waals surface area contributed by atoms with Crippen molar-refractivity contribution in [1.82, 2.24) is 4.98 Å². The van der Waals surface area contributed by atoms with Crippen LogP contribution in [0.15, 0.2) is 24.3 Å². The number of carbonyl (C=O) groups excluding carboxylic acids is 1. The van der Waals surface area contributed by atoms with Gasteiger partial charge in [-0.15, -0.1) is 0 Å². The molecule has 5 heteroatoms. The van der Waals surface area contributed by atoms with Crippen LogP contribution >= 0.6 is 11.3 Å². The molecule has 0 bridgehead atoms. The highest BCUT2D eigenvalue weighted by Gasteiger charge is 2.31. The van der Waals surface area contributed by atoms with Gasteiger partial charge in [0.25, 0.3) is 0 Å². The molecule has 88 valence electrons. The van der Waals surface area contributed by atoms with Crippen LogP contribution in [0.4, 0.5) is 5.13 Å². The Labute approximate surface area is 103 Å². The number of fused-ring (bicyclic) bond motifs is 1. The molecule has 1 saturated heterocycles. The molecule has 0 saturated carbocycles. The van der Waals surface area contributed by atoms with Crippen LogP contribution in [0, 0.1) is 0 Å². The number of carbonyl (C=O) groups is 1. The van der Waals surface area contributed by atoms with Crippen LogP contribution in [0.3, 0.4) is 0 Å². The third kappa shape index (κ3) is 1.98. The van der Waals surface area contributed by atoms with Crippen molar-refractivity contribution < 1.29 is 9.53 Å². The largest absolute Gasteiger partial charge is 0.459 e. The molecule has 1 aliphatic heterocycles. The van der Waals surface area contributed by atoms with Crippen LogP contribution < -0.4 is 4.90 Å². The smallest absolute Gasteiger partial charge is 0.303 e. The number of hydrogen-bond donors (Lipinski definition) is 0. The van der Waals surface area contributed by atoms with Gasteiger partial charge in [0.15, 0.2) is 5.13 Å². The quantitative estimate of drug-likeness (QED) is 0.763. The van der Waals surface area contributed by atoms with E-state index >= 15 is 0 Å². The minimum absolute atomic E-state index is 0.0273. The summed E-state index contributed by atoms with van der Waals surface area (Å²) >= 11 is 1.68. The first-order chi connectivity index (χ1) is 8.22. The highest BCUT2D eigenvalue weighted by molar-refractivity contribution is 7.22. The van der Waals surface area contributed by atoms with E-state index in [0.29, 0.717) is 0 Å². The SMILES string of the molecule is CC(=O)OC1CN(c2nc3ccccc3s2)C1. The Kier molecular flexibility index (Phi) is 2.48. The second-order valence-electron chi connectivity index (χ2n) is 4.10. The van der Waals surface area contributed by atoms with Crippen LogP contribution in [0.5, 0.6) is 0 Å². The van der Waals surface area contributed by atoms with Crippen molar-refractivity contribution >= 4 is 32.7 Å². The van der Waals surface area contributed by atoms with Gasteiger partial charge >= 0.3 is 5.97 Å². The van der Waals surface area contributed by atoms with Gasteiger partial charge in [0.2, 0.25) is 0 Å². The fourth-order valence-electron chi connectivity index (χ4n) is 1.90. The van der Waals surface area contributed by atoms with Crippen LogP contribution in [0.2, 0.25) is 0 Å². The van der Waals surface area contributed by atoms with Crippen LogP contribution in [-0.4, -0.2) is 30.1 Å². The Morgan fingerprint density at radius 1 is 1.47 bits per heavy atom. The zero-order valence-corrected chi connectivity index (χ0v) is 10.2. The second-order valence-corrected chi connectivity index (χ2v) is 5.11. The van der Waals surface area contributed by atoms with Crippen molar-refractivity contribution in [2.75, 3.05) is 18.0 Å². The highest BCUT2D eigenvalue weighted by atomic mass is 32.1. The van der Waals surface area contributed by atoms with E-state index in [1.54, 1.807) is 11.3 Å². The monoisotopic (exact) mass is 248 g/mol. The average molecular weight is 248 g/mol. The number of rotatable bonds is 2. The molecule has 1 fully saturated rings. The zero-order valence-electron chi connectivity index (χ0n) is 9.42. The molecule has 17 heavy (non-hydrogen) atoms. The topological polar surface area (TPSA) is 42.4 Å². The summed E-state index contributed by atoms with van der Waals surface area (Å²) in [6, 6.07) is 8.09. The molecule has 0 amide bonds. The second kappa shape index (κ2) is 4.00. The molecule has 0 atom stereocenters. The molecule has 2 aromatic rings. The normalized spacial score (nSPS) is 15.9. The predicted octanol–water partition coefficient (Wildman–Crippen LogP) is 2.05. The summed E-state index contributed by atoms with van der Waals surface area (Å²) in [5.74, 6) is -0.209. The van der Waals surface area contributed by atoms with Gasteiger partial charge in [-0.05, 0) is 12.1 Å². The fraction of sp³-hybridized carbons (Fsp3) is 0.333. The number of thiazole rings is 1. The summed E-state index contributed by atoms with van der Waals surface area (Å²) in [6.45, 7) is 2.94. The van der Waals surface area contributed by atoms with Crippen LogP contribution in [0.1, 0.15) is 6.92 Å². The van der Waals surface area contributed by atoms with E-state index in [0.717, 1.165) is 23.7 Å². The van der Waals surface area contributed by atoms with E-state index in [4.69, 9.17) is 4.74 Å². The molecule has 0 unspecified atom stereocenters. The van der Waals surface area contributed by atoms with Gasteiger partial charge in [0.05, 0.1) is 23.3 Å². The van der Waals surface area contributed by atoms with Crippen molar-refractivity contribution in [3.05, 3.63) is 24.3 Å². The van der Waals surface area contributed by atoms with E-state index in [9.17, 15) is 4.79 Å². The third-order valence-electron chi connectivity index (χ3n) is 2.73. The number of benzene rings is 1. The number of ether oxygens (including phenoxy) is 1. The van der Waals surface area contributed by atoms with Gasteiger partial charge < -0.3 is 9.64 Å². The molecule has 3 rings (SSSR count). The van der Waals surface area contributed by atoms with E-state index in [-0.39, 0.29) is 12.1 Å². The number of aromatic nitrogens is 1. The summed E-state index contributed by atoms with van der Waals surface area (Å²) < 4.78 is 6.30. The van der Waals surface area contributed by atoms with Gasteiger partial charge in [-0.3, -0.25) is 4.79 Å². The fourth-order valence-corrected chi connectivity index (χ4v) is 2.88. The summed E-state index contributed by atoms with van der Waals surface area (Å²) in [7, 11) is 0. The van der Waals surface area contributed by atoms with Gasteiger partial charge in [-0.2, -0.15) is 0 Å². The maximum absolute atomic E-state index is 10.8. The first-order valence-corrected chi connectivity index (χ1v) is 6.32. The van der Waals surface area contributed by atoms with Gasteiger partial charge in [-0.25, -0.2) is 4.98 Å². The van der Waals surface area contributed by atoms with E-state index in [2.05, 4.69) is 16.0 Å². The summed E-state index contributed by atoms with van der Waals surface area (Å²) in [4.78, 5) is 17.5.